The van der Waals surface area contributed by atoms with E-state index in [2.05, 4.69) is 25.3 Å². The molecule has 4 aromatic heterocycles. The van der Waals surface area contributed by atoms with Gasteiger partial charge in [-0.2, -0.15) is 9.61 Å². The minimum Gasteiger partial charge on any atom is -0.394 e. The molecule has 1 aliphatic heterocycles. The van der Waals surface area contributed by atoms with E-state index in [-0.39, 0.29) is 41.9 Å². The number of carbonyl (C=O) groups is 2. The number of aromatic nitrogens is 7. The first-order valence-electron chi connectivity index (χ1n) is 13.4. The van der Waals surface area contributed by atoms with Crippen LogP contribution in [0.3, 0.4) is 0 Å². The highest BCUT2D eigenvalue weighted by atomic mass is 16.3. The first-order chi connectivity index (χ1) is 19.9. The lowest BCUT2D eigenvalue weighted by Gasteiger charge is -2.43. The minimum absolute atomic E-state index is 0.0396. The monoisotopic (exact) mass is 551 g/mol. The number of nitrogens with zero attached hydrogens (tertiary/aromatic N) is 7. The number of anilines is 1. The van der Waals surface area contributed by atoms with E-state index in [1.54, 1.807) is 17.3 Å². The van der Waals surface area contributed by atoms with Crippen molar-refractivity contribution >= 4 is 23.2 Å². The van der Waals surface area contributed by atoms with Crippen LogP contribution in [0.4, 0.5) is 5.82 Å². The normalized spacial score (nSPS) is 19.0. The van der Waals surface area contributed by atoms with Crippen molar-refractivity contribution in [3.8, 4) is 22.4 Å². The molecule has 1 aromatic carbocycles. The Hall–Kier alpha value is -4.97. The number of aliphatic hydroxyl groups excluding tert-OH is 1. The van der Waals surface area contributed by atoms with Crippen LogP contribution < -0.4 is 5.73 Å². The van der Waals surface area contributed by atoms with Crippen LogP contribution in [0.25, 0.3) is 28.0 Å². The highest BCUT2D eigenvalue weighted by molar-refractivity contribution is 6.00. The SMILES string of the molecule is CC(=O)c1c(C2CC(C)N(C(=O)c3nc[nH]n3)C(CO)C2)nc2c(-c3ccc(-c4ccccc4)nc3)cnn2c1N. The fraction of sp³-hybridized carbons (Fsp3) is 0.276. The van der Waals surface area contributed by atoms with Crippen molar-refractivity contribution in [3.05, 3.63) is 78.3 Å². The molecule has 0 aliphatic carbocycles. The largest absolute Gasteiger partial charge is 0.394 e. The van der Waals surface area contributed by atoms with Crippen molar-refractivity contribution in [1.82, 2.24) is 39.7 Å². The van der Waals surface area contributed by atoms with Gasteiger partial charge in [0.2, 0.25) is 5.82 Å². The maximum absolute atomic E-state index is 13.1. The molecule has 0 spiro atoms. The molecule has 1 aliphatic rings. The number of aromatic amines is 1. The van der Waals surface area contributed by atoms with Gasteiger partial charge in [0.05, 0.1) is 35.8 Å². The van der Waals surface area contributed by atoms with Crippen LogP contribution in [0.15, 0.2) is 61.2 Å². The van der Waals surface area contributed by atoms with Gasteiger partial charge in [0, 0.05) is 34.8 Å². The van der Waals surface area contributed by atoms with Gasteiger partial charge in [-0.25, -0.2) is 9.97 Å². The van der Waals surface area contributed by atoms with Crippen LogP contribution in [-0.2, 0) is 0 Å². The van der Waals surface area contributed by atoms with E-state index in [4.69, 9.17) is 10.7 Å². The van der Waals surface area contributed by atoms with Gasteiger partial charge < -0.3 is 15.7 Å². The molecular formula is C29H29N9O3. The smallest absolute Gasteiger partial charge is 0.294 e. The van der Waals surface area contributed by atoms with E-state index in [1.807, 2.05) is 49.4 Å². The van der Waals surface area contributed by atoms with Crippen LogP contribution in [0.2, 0.25) is 0 Å². The number of amides is 1. The number of aliphatic hydroxyl groups is 1. The van der Waals surface area contributed by atoms with Crippen molar-refractivity contribution < 1.29 is 14.7 Å². The molecule has 1 fully saturated rings. The molecule has 1 amide bonds. The molecule has 3 atom stereocenters. The number of hydrogen-bond acceptors (Lipinski definition) is 9. The van der Waals surface area contributed by atoms with Gasteiger partial charge in [-0.05, 0) is 32.8 Å². The number of nitrogen functional groups attached to an aromatic ring is 1. The predicted molar refractivity (Wildman–Crippen MR) is 151 cm³/mol. The van der Waals surface area contributed by atoms with Gasteiger partial charge >= 0.3 is 0 Å². The lowest BCUT2D eigenvalue weighted by atomic mass is 9.82. The van der Waals surface area contributed by atoms with Crippen LogP contribution >= 0.6 is 0 Å². The summed E-state index contributed by atoms with van der Waals surface area (Å²) in [6.45, 7) is 3.09. The predicted octanol–water partition coefficient (Wildman–Crippen LogP) is 3.13. The first-order valence-corrected chi connectivity index (χ1v) is 13.4. The molecule has 0 saturated carbocycles. The van der Waals surface area contributed by atoms with Crippen molar-refractivity contribution in [2.45, 2.75) is 44.7 Å². The molecule has 41 heavy (non-hydrogen) atoms. The molecule has 3 unspecified atom stereocenters. The Bertz CT molecular complexity index is 1720. The Morgan fingerprint density at radius 2 is 1.88 bits per heavy atom. The lowest BCUT2D eigenvalue weighted by molar-refractivity contribution is 0.0285. The molecule has 1 saturated heterocycles. The van der Waals surface area contributed by atoms with E-state index >= 15 is 0 Å². The standard InChI is InChI=1S/C29H29N9O3/c1-16-10-20(11-21(14-39)37(16)29(41)27-32-15-33-36-27)25-24(17(2)40)26(30)38-28(35-25)22(13-34-38)19-8-9-23(31-12-19)18-6-4-3-5-7-18/h3-9,12-13,15-16,20-21,39H,10-11,14,30H2,1-2H3,(H,32,33,36). The molecule has 12 heteroatoms. The average Bonchev–Trinajstić information content (AvgIpc) is 3.68. The summed E-state index contributed by atoms with van der Waals surface area (Å²) in [7, 11) is 0. The third kappa shape index (κ3) is 4.61. The molecule has 12 nitrogen and oxygen atoms in total. The zero-order valence-electron chi connectivity index (χ0n) is 22.6. The number of benzene rings is 1. The van der Waals surface area contributed by atoms with E-state index in [1.165, 1.54) is 17.8 Å². The van der Waals surface area contributed by atoms with Crippen molar-refractivity contribution in [1.29, 1.82) is 0 Å². The molecule has 5 heterocycles. The van der Waals surface area contributed by atoms with Gasteiger partial charge in [-0.1, -0.05) is 36.4 Å². The number of ketones is 1. The summed E-state index contributed by atoms with van der Waals surface area (Å²) in [6, 6.07) is 13.0. The van der Waals surface area contributed by atoms with Gasteiger partial charge in [-0.15, -0.1) is 5.10 Å². The highest BCUT2D eigenvalue weighted by Crippen LogP contribution is 2.39. The highest BCUT2D eigenvalue weighted by Gasteiger charge is 2.40. The molecular weight excluding hydrogens is 522 g/mol. The zero-order valence-corrected chi connectivity index (χ0v) is 22.6. The number of hydrogen-bond donors (Lipinski definition) is 3. The number of Topliss-reactive ketones (excluding diaryl/α,β-unsaturated/α-hetero) is 1. The number of fused-ring (bicyclic) bond motifs is 1. The van der Waals surface area contributed by atoms with Crippen LogP contribution in [0, 0.1) is 0 Å². The zero-order chi connectivity index (χ0) is 28.7. The third-order valence-electron chi connectivity index (χ3n) is 7.70. The fourth-order valence-electron chi connectivity index (χ4n) is 5.83. The number of piperidine rings is 1. The minimum atomic E-state index is -0.520. The molecule has 4 N–H and O–H groups in total. The second-order valence-electron chi connectivity index (χ2n) is 10.3. The summed E-state index contributed by atoms with van der Waals surface area (Å²) in [5, 5.41) is 21.2. The second kappa shape index (κ2) is 10.5. The van der Waals surface area contributed by atoms with Gasteiger partial charge in [-0.3, -0.25) is 19.7 Å². The number of nitrogens with two attached hydrogens (primary N) is 1. The summed E-state index contributed by atoms with van der Waals surface area (Å²) >= 11 is 0. The lowest BCUT2D eigenvalue weighted by Crippen LogP contribution is -2.52. The van der Waals surface area contributed by atoms with E-state index in [0.717, 1.165) is 22.4 Å². The number of likely N-dealkylation sites (tertiary alicyclic amines) is 1. The molecule has 5 aromatic rings. The number of pyridine rings is 1. The fourth-order valence-corrected chi connectivity index (χ4v) is 5.83. The van der Waals surface area contributed by atoms with Crippen LogP contribution in [0.1, 0.15) is 59.3 Å². The van der Waals surface area contributed by atoms with E-state index in [0.29, 0.717) is 29.7 Å². The Morgan fingerprint density at radius 1 is 1.07 bits per heavy atom. The molecule has 0 radical (unpaired) electrons. The second-order valence-corrected chi connectivity index (χ2v) is 10.3. The summed E-state index contributed by atoms with van der Waals surface area (Å²) in [5.41, 5.74) is 11.3. The molecule has 6 rings (SSSR count). The maximum Gasteiger partial charge on any atom is 0.294 e. The number of nitrogens with one attached hydrogen (secondary N) is 1. The number of rotatable bonds is 6. The van der Waals surface area contributed by atoms with Gasteiger partial charge in [0.15, 0.2) is 11.4 Å². The Balaban J connectivity index is 1.39. The number of carbonyl (C=O) groups excluding carboxylic acids is 2. The number of H-pyrrole nitrogens is 1. The van der Waals surface area contributed by atoms with E-state index < -0.39 is 6.04 Å². The van der Waals surface area contributed by atoms with E-state index in [9.17, 15) is 14.7 Å². The quantitative estimate of drug-likeness (QED) is 0.268. The maximum atomic E-state index is 13.1. The summed E-state index contributed by atoms with van der Waals surface area (Å²) < 4.78 is 1.48. The first kappa shape index (κ1) is 26.3. The summed E-state index contributed by atoms with van der Waals surface area (Å²) in [5.74, 6) is -0.602. The molecule has 208 valence electrons. The van der Waals surface area contributed by atoms with Gasteiger partial charge in [0.25, 0.3) is 5.91 Å². The summed E-state index contributed by atoms with van der Waals surface area (Å²) in [4.78, 5) is 41.2. The van der Waals surface area contributed by atoms with Crippen molar-refractivity contribution in [2.24, 2.45) is 0 Å². The topological polar surface area (TPSA) is 168 Å². The third-order valence-corrected chi connectivity index (χ3v) is 7.70. The van der Waals surface area contributed by atoms with Crippen molar-refractivity contribution in [2.75, 3.05) is 12.3 Å². The molecule has 0 bridgehead atoms. The Morgan fingerprint density at radius 3 is 2.54 bits per heavy atom. The van der Waals surface area contributed by atoms with Crippen LogP contribution in [-0.4, -0.2) is 75.2 Å². The Labute approximate surface area is 235 Å². The Kier molecular flexibility index (Phi) is 6.75. The van der Waals surface area contributed by atoms with Crippen LogP contribution in [0.5, 0.6) is 0 Å². The summed E-state index contributed by atoms with van der Waals surface area (Å²) in [6.07, 6.45) is 5.67. The van der Waals surface area contributed by atoms with Gasteiger partial charge in [0.1, 0.15) is 12.1 Å². The van der Waals surface area contributed by atoms with Crippen molar-refractivity contribution in [3.63, 3.8) is 0 Å². The average molecular weight is 552 g/mol.